The third-order valence-electron chi connectivity index (χ3n) is 2.17. The standard InChI is InChI=1S/C12H7Cl2NO3/c13-8-1-6-11(14)12(7-8)18-10-4-2-9(3-5-10)15(16)17/h1-7H. The largest absolute Gasteiger partial charge is 0.456 e. The molecule has 0 aliphatic heterocycles. The molecule has 0 bridgehead atoms. The molecule has 0 unspecified atom stereocenters. The van der Waals surface area contributed by atoms with Crippen LogP contribution >= 0.6 is 23.2 Å². The van der Waals surface area contributed by atoms with E-state index in [2.05, 4.69) is 0 Å². The Kier molecular flexibility index (Phi) is 3.69. The molecule has 2 aromatic carbocycles. The lowest BCUT2D eigenvalue weighted by Gasteiger charge is -2.07. The average Bonchev–Trinajstić information content (AvgIpc) is 2.34. The number of halogens is 2. The Hall–Kier alpha value is -1.78. The molecule has 4 nitrogen and oxygen atoms in total. The van der Waals surface area contributed by atoms with Gasteiger partial charge in [-0.3, -0.25) is 10.1 Å². The van der Waals surface area contributed by atoms with E-state index in [-0.39, 0.29) is 5.69 Å². The Balaban J connectivity index is 2.23. The van der Waals surface area contributed by atoms with Crippen molar-refractivity contribution in [3.05, 3.63) is 62.6 Å². The number of hydrogen-bond donors (Lipinski definition) is 0. The second-order valence-electron chi connectivity index (χ2n) is 3.43. The molecule has 0 radical (unpaired) electrons. The molecule has 0 aliphatic rings. The van der Waals surface area contributed by atoms with Crippen LogP contribution in [-0.4, -0.2) is 4.92 Å². The van der Waals surface area contributed by atoms with Gasteiger partial charge in [0, 0.05) is 23.2 Å². The van der Waals surface area contributed by atoms with Gasteiger partial charge < -0.3 is 4.74 Å². The molecule has 0 saturated heterocycles. The van der Waals surface area contributed by atoms with E-state index in [1.165, 1.54) is 24.3 Å². The number of nitro groups is 1. The quantitative estimate of drug-likeness (QED) is 0.606. The van der Waals surface area contributed by atoms with Gasteiger partial charge in [0.15, 0.2) is 0 Å². The Morgan fingerprint density at radius 1 is 1.06 bits per heavy atom. The van der Waals surface area contributed by atoms with Crippen molar-refractivity contribution in [1.82, 2.24) is 0 Å². The fraction of sp³-hybridized carbons (Fsp3) is 0. The Bertz CT molecular complexity index is 584. The highest BCUT2D eigenvalue weighted by molar-refractivity contribution is 6.34. The van der Waals surface area contributed by atoms with E-state index < -0.39 is 4.92 Å². The summed E-state index contributed by atoms with van der Waals surface area (Å²) in [5.74, 6) is 0.850. The summed E-state index contributed by atoms with van der Waals surface area (Å²) in [6.07, 6.45) is 0. The van der Waals surface area contributed by atoms with Gasteiger partial charge in [0.25, 0.3) is 5.69 Å². The second-order valence-corrected chi connectivity index (χ2v) is 4.27. The van der Waals surface area contributed by atoms with Gasteiger partial charge in [0.2, 0.25) is 0 Å². The molecule has 0 amide bonds. The van der Waals surface area contributed by atoms with Crippen LogP contribution in [0, 0.1) is 10.1 Å². The summed E-state index contributed by atoms with van der Waals surface area (Å²) in [5, 5.41) is 11.4. The lowest BCUT2D eigenvalue weighted by Crippen LogP contribution is -1.89. The summed E-state index contributed by atoms with van der Waals surface area (Å²) < 4.78 is 5.49. The van der Waals surface area contributed by atoms with Gasteiger partial charge in [0.1, 0.15) is 11.5 Å². The summed E-state index contributed by atoms with van der Waals surface area (Å²) >= 11 is 11.8. The van der Waals surface area contributed by atoms with Crippen molar-refractivity contribution in [1.29, 1.82) is 0 Å². The van der Waals surface area contributed by atoms with E-state index in [0.717, 1.165) is 0 Å². The lowest BCUT2D eigenvalue weighted by atomic mass is 10.3. The van der Waals surface area contributed by atoms with Crippen molar-refractivity contribution in [2.45, 2.75) is 0 Å². The van der Waals surface area contributed by atoms with E-state index >= 15 is 0 Å². The predicted octanol–water partition coefficient (Wildman–Crippen LogP) is 4.69. The zero-order chi connectivity index (χ0) is 13.1. The third-order valence-corrected chi connectivity index (χ3v) is 2.72. The van der Waals surface area contributed by atoms with Crippen LogP contribution in [-0.2, 0) is 0 Å². The van der Waals surface area contributed by atoms with Crippen LogP contribution in [0.1, 0.15) is 0 Å². The highest BCUT2D eigenvalue weighted by Crippen LogP contribution is 2.32. The van der Waals surface area contributed by atoms with Crippen LogP contribution in [0.5, 0.6) is 11.5 Å². The van der Waals surface area contributed by atoms with Crippen molar-refractivity contribution < 1.29 is 9.66 Å². The molecule has 0 aromatic heterocycles. The number of rotatable bonds is 3. The van der Waals surface area contributed by atoms with Gasteiger partial charge in [-0.05, 0) is 24.3 Å². The molecule has 0 saturated carbocycles. The maximum absolute atomic E-state index is 10.5. The molecule has 2 rings (SSSR count). The molecule has 0 atom stereocenters. The maximum Gasteiger partial charge on any atom is 0.269 e. The van der Waals surface area contributed by atoms with E-state index in [1.807, 2.05) is 0 Å². The monoisotopic (exact) mass is 283 g/mol. The number of hydrogen-bond acceptors (Lipinski definition) is 3. The number of nitro benzene ring substituents is 1. The van der Waals surface area contributed by atoms with E-state index in [1.54, 1.807) is 18.2 Å². The summed E-state index contributed by atoms with van der Waals surface area (Å²) in [4.78, 5) is 10.0. The van der Waals surface area contributed by atoms with Crippen molar-refractivity contribution in [2.24, 2.45) is 0 Å². The normalized spacial score (nSPS) is 10.1. The fourth-order valence-electron chi connectivity index (χ4n) is 1.32. The molecular weight excluding hydrogens is 277 g/mol. The Morgan fingerprint density at radius 2 is 1.72 bits per heavy atom. The lowest BCUT2D eigenvalue weighted by molar-refractivity contribution is -0.384. The fourth-order valence-corrected chi connectivity index (χ4v) is 1.64. The Morgan fingerprint density at radius 3 is 2.33 bits per heavy atom. The zero-order valence-corrected chi connectivity index (χ0v) is 10.5. The predicted molar refractivity (Wildman–Crippen MR) is 69.6 cm³/mol. The molecule has 0 N–H and O–H groups in total. The number of non-ortho nitro benzene ring substituents is 1. The van der Waals surface area contributed by atoms with Gasteiger partial charge in [-0.1, -0.05) is 23.2 Å². The van der Waals surface area contributed by atoms with Gasteiger partial charge in [-0.15, -0.1) is 0 Å². The highest BCUT2D eigenvalue weighted by atomic mass is 35.5. The minimum atomic E-state index is -0.476. The topological polar surface area (TPSA) is 52.4 Å². The van der Waals surface area contributed by atoms with Crippen molar-refractivity contribution in [2.75, 3.05) is 0 Å². The van der Waals surface area contributed by atoms with E-state index in [4.69, 9.17) is 27.9 Å². The molecular formula is C12H7Cl2NO3. The van der Waals surface area contributed by atoms with Crippen LogP contribution in [0.2, 0.25) is 10.0 Å². The summed E-state index contributed by atoms with van der Waals surface area (Å²) in [6, 6.07) is 10.5. The molecule has 2 aromatic rings. The van der Waals surface area contributed by atoms with Gasteiger partial charge in [-0.2, -0.15) is 0 Å². The summed E-state index contributed by atoms with van der Waals surface area (Å²) in [7, 11) is 0. The first kappa shape index (κ1) is 12.7. The molecule has 0 fully saturated rings. The third kappa shape index (κ3) is 2.91. The number of benzene rings is 2. The minimum Gasteiger partial charge on any atom is -0.456 e. The SMILES string of the molecule is O=[N+]([O-])c1ccc(Oc2cc(Cl)ccc2Cl)cc1. The first-order valence-corrected chi connectivity index (χ1v) is 5.69. The molecule has 92 valence electrons. The summed E-state index contributed by atoms with van der Waals surface area (Å²) in [5.41, 5.74) is -0.000425. The zero-order valence-electron chi connectivity index (χ0n) is 8.97. The molecule has 18 heavy (non-hydrogen) atoms. The highest BCUT2D eigenvalue weighted by Gasteiger charge is 2.07. The maximum atomic E-state index is 10.5. The van der Waals surface area contributed by atoms with E-state index in [0.29, 0.717) is 21.5 Å². The minimum absolute atomic E-state index is 0.000425. The summed E-state index contributed by atoms with van der Waals surface area (Å²) in [6.45, 7) is 0. The molecule has 0 spiro atoms. The van der Waals surface area contributed by atoms with Crippen molar-refractivity contribution in [3.63, 3.8) is 0 Å². The van der Waals surface area contributed by atoms with Crippen LogP contribution in [0.3, 0.4) is 0 Å². The first-order valence-electron chi connectivity index (χ1n) is 4.93. The molecule has 0 heterocycles. The number of ether oxygens (including phenoxy) is 1. The molecule has 6 heteroatoms. The average molecular weight is 284 g/mol. The molecule has 0 aliphatic carbocycles. The van der Waals surface area contributed by atoms with Crippen LogP contribution in [0.25, 0.3) is 0 Å². The van der Waals surface area contributed by atoms with E-state index in [9.17, 15) is 10.1 Å². The first-order chi connectivity index (χ1) is 8.56. The van der Waals surface area contributed by atoms with Crippen LogP contribution in [0.15, 0.2) is 42.5 Å². The second kappa shape index (κ2) is 5.25. The van der Waals surface area contributed by atoms with Crippen molar-refractivity contribution in [3.8, 4) is 11.5 Å². The smallest absolute Gasteiger partial charge is 0.269 e. The van der Waals surface area contributed by atoms with Crippen LogP contribution < -0.4 is 4.74 Å². The van der Waals surface area contributed by atoms with Crippen LogP contribution in [0.4, 0.5) is 5.69 Å². The van der Waals surface area contributed by atoms with Gasteiger partial charge in [0.05, 0.1) is 9.95 Å². The number of nitrogens with zero attached hydrogens (tertiary/aromatic N) is 1. The van der Waals surface area contributed by atoms with Crippen molar-refractivity contribution >= 4 is 28.9 Å². The van der Waals surface area contributed by atoms with Gasteiger partial charge >= 0.3 is 0 Å². The Labute approximate surface area is 113 Å². The van der Waals surface area contributed by atoms with Gasteiger partial charge in [-0.25, -0.2) is 0 Å².